The fraction of sp³-hybridized carbons (Fsp3) is 0.308. The lowest BCUT2D eigenvalue weighted by atomic mass is 9.68. The number of nitrogens with zero attached hydrogens (tertiary/aromatic N) is 2. The van der Waals surface area contributed by atoms with E-state index in [1.807, 2.05) is 0 Å². The Morgan fingerprint density at radius 3 is 2.53 bits per heavy atom. The van der Waals surface area contributed by atoms with Crippen molar-refractivity contribution >= 4 is 17.5 Å². The average Bonchev–Trinajstić information content (AvgIpc) is 2.77. The number of carbonyl (C=O) groups is 1. The van der Waals surface area contributed by atoms with E-state index in [0.29, 0.717) is 29.6 Å². The molecule has 1 aliphatic carbocycles. The summed E-state index contributed by atoms with van der Waals surface area (Å²) in [6, 6.07) is 7.10. The van der Waals surface area contributed by atoms with Crippen LogP contribution >= 0.6 is 11.6 Å². The monoisotopic (exact) mass is 277 g/mol. The maximum Gasteiger partial charge on any atom is 0.242 e. The first-order chi connectivity index (χ1) is 9.12. The number of aromatic nitrogens is 2. The summed E-state index contributed by atoms with van der Waals surface area (Å²) >= 11 is 5.82. The molecule has 19 heavy (non-hydrogen) atoms. The van der Waals surface area contributed by atoms with Gasteiger partial charge in [-0.15, -0.1) is 0 Å². The molecule has 1 amide bonds. The number of nitrogens with two attached hydrogens (primary N) is 1. The molecule has 1 saturated carbocycles. The summed E-state index contributed by atoms with van der Waals surface area (Å²) < 4.78 is 5.22. The fourth-order valence-electron chi connectivity index (χ4n) is 2.23. The first-order valence-corrected chi connectivity index (χ1v) is 6.40. The van der Waals surface area contributed by atoms with Crippen LogP contribution in [0.1, 0.15) is 25.2 Å². The van der Waals surface area contributed by atoms with Crippen LogP contribution in [-0.2, 0) is 10.2 Å². The van der Waals surface area contributed by atoms with Gasteiger partial charge in [0.2, 0.25) is 17.6 Å². The maximum absolute atomic E-state index is 11.6. The van der Waals surface area contributed by atoms with Crippen molar-refractivity contribution in [1.29, 1.82) is 0 Å². The van der Waals surface area contributed by atoms with E-state index in [1.165, 1.54) is 0 Å². The second kappa shape index (κ2) is 4.35. The molecule has 0 radical (unpaired) electrons. The number of hydrogen-bond acceptors (Lipinski definition) is 4. The molecule has 98 valence electrons. The summed E-state index contributed by atoms with van der Waals surface area (Å²) in [4.78, 5) is 15.9. The molecular weight excluding hydrogens is 266 g/mol. The number of rotatable bonds is 3. The van der Waals surface area contributed by atoms with Crippen molar-refractivity contribution in [1.82, 2.24) is 10.1 Å². The first-order valence-electron chi connectivity index (χ1n) is 6.02. The molecule has 0 aliphatic heterocycles. The van der Waals surface area contributed by atoms with Gasteiger partial charge < -0.3 is 10.3 Å². The van der Waals surface area contributed by atoms with Gasteiger partial charge in [-0.2, -0.15) is 4.98 Å². The molecule has 1 aromatic heterocycles. The molecule has 0 bridgehead atoms. The topological polar surface area (TPSA) is 82.0 Å². The third kappa shape index (κ3) is 1.90. The van der Waals surface area contributed by atoms with Crippen molar-refractivity contribution in [3.63, 3.8) is 0 Å². The van der Waals surface area contributed by atoms with Crippen LogP contribution in [-0.4, -0.2) is 16.0 Å². The Morgan fingerprint density at radius 2 is 2.00 bits per heavy atom. The largest absolute Gasteiger partial charge is 0.369 e. The van der Waals surface area contributed by atoms with Crippen LogP contribution in [0.15, 0.2) is 28.8 Å². The van der Waals surface area contributed by atoms with E-state index in [-0.39, 0.29) is 0 Å². The van der Waals surface area contributed by atoms with Crippen molar-refractivity contribution in [2.75, 3.05) is 0 Å². The van der Waals surface area contributed by atoms with Crippen LogP contribution in [0.4, 0.5) is 0 Å². The predicted octanol–water partition coefficient (Wildman–Crippen LogP) is 2.30. The summed E-state index contributed by atoms with van der Waals surface area (Å²) in [6.45, 7) is 0. The predicted molar refractivity (Wildman–Crippen MR) is 69.5 cm³/mol. The van der Waals surface area contributed by atoms with Gasteiger partial charge in [-0.05, 0) is 37.1 Å². The lowest BCUT2D eigenvalue weighted by Gasteiger charge is -2.34. The zero-order valence-electron chi connectivity index (χ0n) is 10.1. The lowest BCUT2D eigenvalue weighted by molar-refractivity contribution is -0.127. The number of halogens is 1. The Hall–Kier alpha value is -1.88. The van der Waals surface area contributed by atoms with E-state index in [9.17, 15) is 4.79 Å². The SMILES string of the molecule is NC(=O)C1(c2nc(-c3ccc(Cl)cc3)no2)CCC1. The van der Waals surface area contributed by atoms with Crippen LogP contribution in [0.5, 0.6) is 0 Å². The number of hydrogen-bond donors (Lipinski definition) is 1. The second-order valence-corrected chi connectivity index (χ2v) is 5.17. The molecule has 1 fully saturated rings. The van der Waals surface area contributed by atoms with Gasteiger partial charge >= 0.3 is 0 Å². The Bertz CT molecular complexity index is 617. The minimum atomic E-state index is -0.766. The molecule has 6 heteroatoms. The highest BCUT2D eigenvalue weighted by Gasteiger charge is 2.49. The zero-order chi connectivity index (χ0) is 13.5. The van der Waals surface area contributed by atoms with Crippen LogP contribution in [0.25, 0.3) is 11.4 Å². The summed E-state index contributed by atoms with van der Waals surface area (Å²) in [5.41, 5.74) is 5.47. The van der Waals surface area contributed by atoms with Gasteiger partial charge in [-0.25, -0.2) is 0 Å². The van der Waals surface area contributed by atoms with Crippen molar-refractivity contribution in [3.05, 3.63) is 35.2 Å². The Balaban J connectivity index is 1.95. The van der Waals surface area contributed by atoms with Gasteiger partial charge in [0.25, 0.3) is 0 Å². The van der Waals surface area contributed by atoms with E-state index < -0.39 is 11.3 Å². The van der Waals surface area contributed by atoms with Crippen LogP contribution < -0.4 is 5.73 Å². The van der Waals surface area contributed by atoms with Gasteiger partial charge in [0.1, 0.15) is 5.41 Å². The van der Waals surface area contributed by atoms with Crippen LogP contribution in [0, 0.1) is 0 Å². The number of primary amides is 1. The molecule has 2 N–H and O–H groups in total. The summed E-state index contributed by atoms with van der Waals surface area (Å²) in [5.74, 6) is 0.362. The van der Waals surface area contributed by atoms with Gasteiger partial charge in [0.15, 0.2) is 0 Å². The molecule has 0 saturated heterocycles. The number of benzene rings is 1. The van der Waals surface area contributed by atoms with E-state index in [4.69, 9.17) is 21.9 Å². The number of carbonyl (C=O) groups excluding carboxylic acids is 1. The van der Waals surface area contributed by atoms with Crippen LogP contribution in [0.2, 0.25) is 5.02 Å². The standard InChI is InChI=1S/C13H12ClN3O2/c14-9-4-2-8(3-5-9)10-16-12(19-17-10)13(11(15)18)6-1-7-13/h2-5H,1,6-7H2,(H2,15,18). The molecule has 0 atom stereocenters. The third-order valence-corrected chi connectivity index (χ3v) is 3.87. The van der Waals surface area contributed by atoms with Gasteiger partial charge in [-0.3, -0.25) is 4.79 Å². The fourth-order valence-corrected chi connectivity index (χ4v) is 2.36. The highest BCUT2D eigenvalue weighted by Crippen LogP contribution is 2.43. The van der Waals surface area contributed by atoms with Crippen molar-refractivity contribution in [2.24, 2.45) is 5.73 Å². The second-order valence-electron chi connectivity index (χ2n) is 4.73. The molecule has 2 aromatic rings. The molecule has 0 unspecified atom stereocenters. The van der Waals surface area contributed by atoms with E-state index in [2.05, 4.69) is 10.1 Å². The Labute approximate surface area is 114 Å². The van der Waals surface area contributed by atoms with Gasteiger partial charge in [0.05, 0.1) is 0 Å². The smallest absolute Gasteiger partial charge is 0.242 e. The molecule has 0 spiro atoms. The van der Waals surface area contributed by atoms with Gasteiger partial charge in [-0.1, -0.05) is 23.2 Å². The Morgan fingerprint density at radius 1 is 1.32 bits per heavy atom. The third-order valence-electron chi connectivity index (χ3n) is 3.62. The molecule has 3 rings (SSSR count). The molecule has 1 aliphatic rings. The minimum Gasteiger partial charge on any atom is -0.369 e. The van der Waals surface area contributed by atoms with Crippen molar-refractivity contribution in [3.8, 4) is 11.4 Å². The highest BCUT2D eigenvalue weighted by molar-refractivity contribution is 6.30. The summed E-state index contributed by atoms with van der Waals surface area (Å²) in [7, 11) is 0. The molecular formula is C13H12ClN3O2. The molecule has 1 heterocycles. The maximum atomic E-state index is 11.6. The van der Waals surface area contributed by atoms with Crippen molar-refractivity contribution in [2.45, 2.75) is 24.7 Å². The number of amides is 1. The van der Waals surface area contributed by atoms with E-state index >= 15 is 0 Å². The summed E-state index contributed by atoms with van der Waals surface area (Å²) in [6.07, 6.45) is 2.29. The summed E-state index contributed by atoms with van der Waals surface area (Å²) in [5, 5.41) is 4.55. The van der Waals surface area contributed by atoms with Crippen LogP contribution in [0.3, 0.4) is 0 Å². The highest BCUT2D eigenvalue weighted by atomic mass is 35.5. The van der Waals surface area contributed by atoms with Crippen molar-refractivity contribution < 1.29 is 9.32 Å². The lowest BCUT2D eigenvalue weighted by Crippen LogP contribution is -2.47. The first kappa shape index (κ1) is 12.2. The quantitative estimate of drug-likeness (QED) is 0.933. The minimum absolute atomic E-state index is 0.316. The molecule has 1 aromatic carbocycles. The Kier molecular flexibility index (Phi) is 2.78. The van der Waals surface area contributed by atoms with Gasteiger partial charge in [0, 0.05) is 10.6 Å². The average molecular weight is 278 g/mol. The van der Waals surface area contributed by atoms with E-state index in [0.717, 1.165) is 12.0 Å². The molecule has 5 nitrogen and oxygen atoms in total. The van der Waals surface area contributed by atoms with E-state index in [1.54, 1.807) is 24.3 Å². The normalized spacial score (nSPS) is 16.9. The zero-order valence-corrected chi connectivity index (χ0v) is 10.9.